The highest BCUT2D eigenvalue weighted by molar-refractivity contribution is 6.26. The fourth-order valence-corrected chi connectivity index (χ4v) is 11.1. The molecule has 0 atom stereocenters. The lowest BCUT2D eigenvalue weighted by atomic mass is 10.1. The molecular weight excluding hydrogens is 857 g/mol. The van der Waals surface area contributed by atoms with Crippen LogP contribution in [0.4, 0.5) is 0 Å². The van der Waals surface area contributed by atoms with E-state index in [1.54, 1.807) is 0 Å². The van der Waals surface area contributed by atoms with Crippen molar-refractivity contribution in [2.45, 2.75) is 0 Å². The maximum atomic E-state index is 5.63. The monoisotopic (exact) mass is 894 g/mol. The van der Waals surface area contributed by atoms with E-state index in [4.69, 9.17) is 19.9 Å². The zero-order chi connectivity index (χ0) is 45.9. The van der Waals surface area contributed by atoms with Gasteiger partial charge in [-0.05, 0) is 54.6 Å². The molecule has 70 heavy (non-hydrogen) atoms. The van der Waals surface area contributed by atoms with Crippen LogP contribution >= 0.6 is 0 Å². The molecule has 326 valence electrons. The van der Waals surface area contributed by atoms with E-state index in [1.165, 1.54) is 5.39 Å². The summed E-state index contributed by atoms with van der Waals surface area (Å²) in [6.45, 7) is 0. The Balaban J connectivity index is 1.07. The summed E-state index contributed by atoms with van der Waals surface area (Å²) in [5, 5.41) is 9.03. The molecule has 0 fully saturated rings. The second-order valence-electron chi connectivity index (χ2n) is 17.8. The third kappa shape index (κ3) is 5.52. The number of benzene rings is 9. The van der Waals surface area contributed by atoms with Crippen molar-refractivity contribution in [3.8, 4) is 46.0 Å². The lowest BCUT2D eigenvalue weighted by molar-refractivity contribution is 0.893. The predicted octanol–water partition coefficient (Wildman–Crippen LogP) is 15.0. The third-order valence-corrected chi connectivity index (χ3v) is 14.0. The molecule has 0 radical (unpaired) electrons. The maximum Gasteiger partial charge on any atom is 0.240 e. The quantitative estimate of drug-likeness (QED) is 0.167. The summed E-state index contributed by atoms with van der Waals surface area (Å²) in [6.07, 6.45) is 0. The molecule has 0 N–H and O–H groups in total. The first-order valence-corrected chi connectivity index (χ1v) is 23.6. The molecule has 6 aromatic heterocycles. The zero-order valence-corrected chi connectivity index (χ0v) is 37.5. The fraction of sp³-hybridized carbons (Fsp3) is 0. The van der Waals surface area contributed by atoms with Crippen molar-refractivity contribution < 1.29 is 0 Å². The van der Waals surface area contributed by atoms with E-state index in [0.717, 1.165) is 110 Å². The molecule has 0 amide bonds. The van der Waals surface area contributed by atoms with Crippen molar-refractivity contribution in [1.82, 2.24) is 38.2 Å². The normalized spacial score (nSPS) is 12.0. The van der Waals surface area contributed by atoms with E-state index in [2.05, 4.69) is 225 Å². The average Bonchev–Trinajstić information content (AvgIpc) is 4.17. The Morgan fingerprint density at radius 3 is 1.37 bits per heavy atom. The minimum Gasteiger partial charge on any atom is -0.307 e. The van der Waals surface area contributed by atoms with Gasteiger partial charge in [-0.1, -0.05) is 176 Å². The Morgan fingerprint density at radius 2 is 0.729 bits per heavy atom. The van der Waals surface area contributed by atoms with Crippen molar-refractivity contribution in [3.63, 3.8) is 0 Å². The molecule has 6 heterocycles. The predicted molar refractivity (Wildman–Crippen MR) is 286 cm³/mol. The van der Waals surface area contributed by atoms with Gasteiger partial charge in [0.05, 0.1) is 49.8 Å². The van der Waals surface area contributed by atoms with Gasteiger partial charge in [0.1, 0.15) is 5.82 Å². The first-order valence-electron chi connectivity index (χ1n) is 23.6. The number of fused-ring (bicyclic) bond motifs is 14. The number of nitrogens with zero attached hydrogens (tertiary/aromatic N) is 8. The molecule has 15 rings (SSSR count). The summed E-state index contributed by atoms with van der Waals surface area (Å²) in [4.78, 5) is 21.9. The average molecular weight is 895 g/mol. The molecule has 0 bridgehead atoms. The topological polar surface area (TPSA) is 71.3 Å². The third-order valence-electron chi connectivity index (χ3n) is 14.0. The molecule has 0 aliphatic heterocycles. The van der Waals surface area contributed by atoms with Gasteiger partial charge in [0.25, 0.3) is 0 Å². The number of hydrogen-bond donors (Lipinski definition) is 0. The van der Waals surface area contributed by atoms with Crippen molar-refractivity contribution in [3.05, 3.63) is 231 Å². The van der Waals surface area contributed by atoms with Crippen molar-refractivity contribution in [1.29, 1.82) is 0 Å². The highest BCUT2D eigenvalue weighted by Gasteiger charge is 2.26. The summed E-state index contributed by atoms with van der Waals surface area (Å²) in [5.41, 5.74) is 12.3. The number of hydrogen-bond acceptors (Lipinski definition) is 4. The molecule has 0 aliphatic rings. The first kappa shape index (κ1) is 38.4. The number of aromatic nitrogens is 8. The van der Waals surface area contributed by atoms with E-state index in [1.807, 2.05) is 24.3 Å². The van der Waals surface area contributed by atoms with Crippen molar-refractivity contribution in [2.75, 3.05) is 0 Å². The minimum atomic E-state index is 0.517. The Kier molecular flexibility index (Phi) is 8.20. The van der Waals surface area contributed by atoms with E-state index in [0.29, 0.717) is 17.7 Å². The first-order chi connectivity index (χ1) is 34.8. The van der Waals surface area contributed by atoms with E-state index in [-0.39, 0.29) is 0 Å². The Labute approximate surface area is 400 Å². The Hall–Kier alpha value is -9.66. The lowest BCUT2D eigenvalue weighted by Crippen LogP contribution is -2.10. The lowest BCUT2D eigenvalue weighted by Gasteiger charge is -2.14. The highest BCUT2D eigenvalue weighted by atomic mass is 15.3. The van der Waals surface area contributed by atoms with Crippen LogP contribution in [0.2, 0.25) is 0 Å². The van der Waals surface area contributed by atoms with Crippen molar-refractivity contribution in [2.24, 2.45) is 0 Å². The van der Waals surface area contributed by atoms with Gasteiger partial charge in [-0.2, -0.15) is 15.0 Å². The molecule has 0 spiro atoms. The molecule has 15 aromatic rings. The maximum absolute atomic E-state index is 5.63. The molecule has 0 unspecified atom stereocenters. The summed E-state index contributed by atoms with van der Waals surface area (Å²) < 4.78 is 9.21. The molecule has 8 heteroatoms. The molecule has 0 saturated carbocycles. The Bertz CT molecular complexity index is 4580. The second kappa shape index (κ2) is 14.9. The SMILES string of the molecule is c1ccc(-c2cccc(-n3c4ccccc4c4ccc5c(c6ccccc6n5-c5nc(-c6ccccc6)nc(-n6c7ccccc7c7ccc8c9ccccc9n(-c9ccccc9)c8c76)n5)c43)n2)cc1. The van der Waals surface area contributed by atoms with Crippen LogP contribution in [0.1, 0.15) is 0 Å². The van der Waals surface area contributed by atoms with E-state index >= 15 is 0 Å². The second-order valence-corrected chi connectivity index (χ2v) is 17.8. The van der Waals surface area contributed by atoms with Crippen LogP contribution in [0.25, 0.3) is 133 Å². The molecule has 0 saturated heterocycles. The van der Waals surface area contributed by atoms with Crippen molar-refractivity contribution >= 4 is 87.2 Å². The van der Waals surface area contributed by atoms with Crippen LogP contribution < -0.4 is 0 Å². The van der Waals surface area contributed by atoms with Gasteiger partial charge in [0.2, 0.25) is 11.9 Å². The van der Waals surface area contributed by atoms with Crippen LogP contribution in [-0.4, -0.2) is 38.2 Å². The molecule has 9 aromatic carbocycles. The highest BCUT2D eigenvalue weighted by Crippen LogP contribution is 2.44. The van der Waals surface area contributed by atoms with E-state index < -0.39 is 0 Å². The number of para-hydroxylation sites is 5. The van der Waals surface area contributed by atoms with Crippen LogP contribution in [0.3, 0.4) is 0 Å². The van der Waals surface area contributed by atoms with Gasteiger partial charge in [0.15, 0.2) is 5.82 Å². The number of rotatable bonds is 6. The largest absolute Gasteiger partial charge is 0.307 e. The molecular formula is C62H38N8. The molecule has 8 nitrogen and oxygen atoms in total. The van der Waals surface area contributed by atoms with Crippen LogP contribution in [0.15, 0.2) is 231 Å². The smallest absolute Gasteiger partial charge is 0.240 e. The zero-order valence-electron chi connectivity index (χ0n) is 37.5. The summed E-state index contributed by atoms with van der Waals surface area (Å²) in [7, 11) is 0. The summed E-state index contributed by atoms with van der Waals surface area (Å²) >= 11 is 0. The van der Waals surface area contributed by atoms with Gasteiger partial charge in [-0.15, -0.1) is 0 Å². The van der Waals surface area contributed by atoms with Gasteiger partial charge in [-0.3, -0.25) is 13.7 Å². The summed E-state index contributed by atoms with van der Waals surface area (Å²) in [6, 6.07) is 81.1. The van der Waals surface area contributed by atoms with Gasteiger partial charge < -0.3 is 4.57 Å². The molecule has 0 aliphatic carbocycles. The van der Waals surface area contributed by atoms with Crippen LogP contribution in [-0.2, 0) is 0 Å². The minimum absolute atomic E-state index is 0.517. The van der Waals surface area contributed by atoms with Crippen LogP contribution in [0, 0.1) is 0 Å². The Morgan fingerprint density at radius 1 is 0.257 bits per heavy atom. The van der Waals surface area contributed by atoms with Gasteiger partial charge in [-0.25, -0.2) is 4.98 Å². The van der Waals surface area contributed by atoms with Gasteiger partial charge >= 0.3 is 0 Å². The van der Waals surface area contributed by atoms with Gasteiger partial charge in [0, 0.05) is 59.9 Å². The number of pyridine rings is 1. The standard InChI is InChI=1S/C62H38N8/c1-4-19-39(20-5-1)49-29-18-34-55(63-49)69-51-31-15-11-25-42(51)45-37-38-54-56(57(45)69)48-28-13-17-33-53(48)68(54)61-64-60(40-21-6-2-7-22-40)65-62(66-61)70-52-32-16-12-27-44(52)47-36-35-46-43-26-10-14-30-50(43)67(58(46)59(47)70)41-23-8-3-9-24-41/h1-38H. The van der Waals surface area contributed by atoms with Crippen LogP contribution in [0.5, 0.6) is 0 Å². The van der Waals surface area contributed by atoms with E-state index in [9.17, 15) is 0 Å². The fourth-order valence-electron chi connectivity index (χ4n) is 11.1. The summed E-state index contributed by atoms with van der Waals surface area (Å²) in [5.74, 6) is 2.46.